The number of fused-ring (bicyclic) bond motifs is 1. The Morgan fingerprint density at radius 3 is 2.38 bits per heavy atom. The van der Waals surface area contributed by atoms with Crippen LogP contribution in [0, 0.1) is 6.92 Å². The molecule has 0 fully saturated rings. The first-order chi connectivity index (χ1) is 10.2. The van der Waals surface area contributed by atoms with E-state index in [0.29, 0.717) is 18.2 Å². The summed E-state index contributed by atoms with van der Waals surface area (Å²) >= 11 is 6.15. The van der Waals surface area contributed by atoms with E-state index in [4.69, 9.17) is 21.1 Å². The van der Waals surface area contributed by atoms with E-state index >= 15 is 0 Å². The zero-order valence-corrected chi connectivity index (χ0v) is 13.3. The number of benzene rings is 2. The number of rotatable bonds is 1. The standard InChI is InChI=1S/C15H13ClO2.C2H7N/c1-10-4-2-3-5-12(10)13-8-11(16)9-14-15(13)18-7-6-17-14;1-3-2/h2-5,8-9H,6-7H2,1H3;3H,1-2H3. The molecule has 3 nitrogen and oxygen atoms in total. The molecule has 112 valence electrons. The third kappa shape index (κ3) is 3.69. The predicted octanol–water partition coefficient (Wildman–Crippen LogP) is 3.92. The summed E-state index contributed by atoms with van der Waals surface area (Å²) in [5, 5.41) is 3.41. The first-order valence-electron chi connectivity index (χ1n) is 6.91. The molecule has 1 heterocycles. The van der Waals surface area contributed by atoms with Crippen molar-refractivity contribution >= 4 is 11.6 Å². The molecule has 0 atom stereocenters. The van der Waals surface area contributed by atoms with Gasteiger partial charge in [0.2, 0.25) is 0 Å². The van der Waals surface area contributed by atoms with Gasteiger partial charge in [-0.2, -0.15) is 0 Å². The molecule has 3 rings (SSSR count). The molecule has 0 radical (unpaired) electrons. The number of ether oxygens (including phenoxy) is 2. The summed E-state index contributed by atoms with van der Waals surface area (Å²) in [5.41, 5.74) is 3.31. The molecule has 1 N–H and O–H groups in total. The largest absolute Gasteiger partial charge is 0.486 e. The Hall–Kier alpha value is -1.71. The fourth-order valence-corrected chi connectivity index (χ4v) is 2.40. The summed E-state index contributed by atoms with van der Waals surface area (Å²) in [7, 11) is 3.75. The van der Waals surface area contributed by atoms with Crippen LogP contribution in [0.5, 0.6) is 11.5 Å². The molecule has 0 unspecified atom stereocenters. The van der Waals surface area contributed by atoms with Crippen LogP contribution in [0.1, 0.15) is 5.56 Å². The van der Waals surface area contributed by atoms with Crippen molar-refractivity contribution in [3.63, 3.8) is 0 Å². The number of hydrogen-bond donors (Lipinski definition) is 1. The fourth-order valence-electron chi connectivity index (χ4n) is 2.20. The highest BCUT2D eigenvalue weighted by atomic mass is 35.5. The van der Waals surface area contributed by atoms with Gasteiger partial charge in [0.15, 0.2) is 11.5 Å². The zero-order chi connectivity index (χ0) is 15.2. The van der Waals surface area contributed by atoms with Crippen LogP contribution in [-0.4, -0.2) is 27.3 Å². The third-order valence-electron chi connectivity index (χ3n) is 3.04. The van der Waals surface area contributed by atoms with Gasteiger partial charge in [-0.3, -0.25) is 0 Å². The first-order valence-corrected chi connectivity index (χ1v) is 7.28. The molecule has 0 aliphatic carbocycles. The minimum Gasteiger partial charge on any atom is -0.486 e. The number of halogens is 1. The number of hydrogen-bond acceptors (Lipinski definition) is 3. The molecule has 0 saturated carbocycles. The Balaban J connectivity index is 0.000000497. The summed E-state index contributed by atoms with van der Waals surface area (Å²) in [6.45, 7) is 3.22. The van der Waals surface area contributed by atoms with Crippen molar-refractivity contribution in [2.75, 3.05) is 27.3 Å². The monoisotopic (exact) mass is 305 g/mol. The highest BCUT2D eigenvalue weighted by Gasteiger charge is 2.19. The fraction of sp³-hybridized carbons (Fsp3) is 0.294. The lowest BCUT2D eigenvalue weighted by Gasteiger charge is -2.22. The SMILES string of the molecule is CNC.Cc1ccccc1-c1cc(Cl)cc2c1OCCO2. The topological polar surface area (TPSA) is 30.5 Å². The van der Waals surface area contributed by atoms with Crippen molar-refractivity contribution in [2.24, 2.45) is 0 Å². The molecule has 0 saturated heterocycles. The molecular formula is C17H20ClNO2. The van der Waals surface area contributed by atoms with Crippen LogP contribution in [0.25, 0.3) is 11.1 Å². The normalized spacial score (nSPS) is 12.4. The maximum atomic E-state index is 6.15. The molecule has 0 aromatic heterocycles. The summed E-state index contributed by atoms with van der Waals surface area (Å²) in [5.74, 6) is 1.52. The van der Waals surface area contributed by atoms with Crippen LogP contribution in [0.15, 0.2) is 36.4 Å². The van der Waals surface area contributed by atoms with Crippen molar-refractivity contribution in [2.45, 2.75) is 6.92 Å². The van der Waals surface area contributed by atoms with E-state index in [1.807, 2.05) is 32.3 Å². The minimum absolute atomic E-state index is 0.570. The molecule has 2 aromatic carbocycles. The Kier molecular flexibility index (Phi) is 5.48. The lowest BCUT2D eigenvalue weighted by atomic mass is 9.99. The van der Waals surface area contributed by atoms with Crippen molar-refractivity contribution < 1.29 is 9.47 Å². The lowest BCUT2D eigenvalue weighted by Crippen LogP contribution is -2.16. The van der Waals surface area contributed by atoms with Crippen LogP contribution in [-0.2, 0) is 0 Å². The maximum absolute atomic E-state index is 6.15. The average molecular weight is 306 g/mol. The smallest absolute Gasteiger partial charge is 0.169 e. The van der Waals surface area contributed by atoms with Crippen molar-refractivity contribution in [3.8, 4) is 22.6 Å². The summed E-state index contributed by atoms with van der Waals surface area (Å²) in [6.07, 6.45) is 0. The van der Waals surface area contributed by atoms with Crippen LogP contribution < -0.4 is 14.8 Å². The van der Waals surface area contributed by atoms with E-state index in [9.17, 15) is 0 Å². The number of aryl methyl sites for hydroxylation is 1. The van der Waals surface area contributed by atoms with E-state index in [1.165, 1.54) is 5.56 Å². The molecular weight excluding hydrogens is 286 g/mol. The molecule has 0 spiro atoms. The van der Waals surface area contributed by atoms with E-state index < -0.39 is 0 Å². The van der Waals surface area contributed by atoms with Crippen LogP contribution in [0.3, 0.4) is 0 Å². The molecule has 1 aliphatic heterocycles. The molecule has 0 amide bonds. The van der Waals surface area contributed by atoms with Gasteiger partial charge in [0.1, 0.15) is 13.2 Å². The maximum Gasteiger partial charge on any atom is 0.169 e. The predicted molar refractivity (Wildman–Crippen MR) is 87.6 cm³/mol. The van der Waals surface area contributed by atoms with Gasteiger partial charge < -0.3 is 14.8 Å². The van der Waals surface area contributed by atoms with E-state index in [1.54, 1.807) is 6.07 Å². The summed E-state index contributed by atoms with van der Waals surface area (Å²) in [6, 6.07) is 11.9. The van der Waals surface area contributed by atoms with Crippen molar-refractivity contribution in [1.29, 1.82) is 0 Å². The molecule has 0 bridgehead atoms. The van der Waals surface area contributed by atoms with Gasteiger partial charge in [-0.25, -0.2) is 0 Å². The van der Waals surface area contributed by atoms with E-state index in [0.717, 1.165) is 22.6 Å². The molecule has 21 heavy (non-hydrogen) atoms. The zero-order valence-electron chi connectivity index (χ0n) is 12.6. The third-order valence-corrected chi connectivity index (χ3v) is 3.26. The Morgan fingerprint density at radius 1 is 1.00 bits per heavy atom. The van der Waals surface area contributed by atoms with Gasteiger partial charge in [-0.1, -0.05) is 35.9 Å². The minimum atomic E-state index is 0.570. The van der Waals surface area contributed by atoms with Crippen molar-refractivity contribution in [1.82, 2.24) is 5.32 Å². The van der Waals surface area contributed by atoms with Gasteiger partial charge in [0.25, 0.3) is 0 Å². The van der Waals surface area contributed by atoms with Gasteiger partial charge >= 0.3 is 0 Å². The highest BCUT2D eigenvalue weighted by Crippen LogP contribution is 2.43. The second kappa shape index (κ2) is 7.34. The Morgan fingerprint density at radius 2 is 1.67 bits per heavy atom. The van der Waals surface area contributed by atoms with Gasteiger partial charge in [0.05, 0.1) is 0 Å². The first kappa shape index (κ1) is 15.7. The molecule has 4 heteroatoms. The van der Waals surface area contributed by atoms with Gasteiger partial charge in [0, 0.05) is 16.7 Å². The second-order valence-electron chi connectivity index (χ2n) is 4.79. The summed E-state index contributed by atoms with van der Waals surface area (Å²) in [4.78, 5) is 0. The molecule has 1 aliphatic rings. The quantitative estimate of drug-likeness (QED) is 0.866. The Bertz CT molecular complexity index is 614. The van der Waals surface area contributed by atoms with E-state index in [2.05, 4.69) is 24.4 Å². The Labute approximate surface area is 130 Å². The van der Waals surface area contributed by atoms with Crippen LogP contribution in [0.2, 0.25) is 5.02 Å². The highest BCUT2D eigenvalue weighted by molar-refractivity contribution is 6.31. The molecule has 2 aromatic rings. The van der Waals surface area contributed by atoms with Gasteiger partial charge in [-0.15, -0.1) is 0 Å². The van der Waals surface area contributed by atoms with Crippen LogP contribution >= 0.6 is 11.6 Å². The second-order valence-corrected chi connectivity index (χ2v) is 5.23. The summed E-state index contributed by atoms with van der Waals surface area (Å²) < 4.78 is 11.3. The number of nitrogens with one attached hydrogen (secondary N) is 1. The van der Waals surface area contributed by atoms with Gasteiger partial charge in [-0.05, 0) is 38.2 Å². The lowest BCUT2D eigenvalue weighted by molar-refractivity contribution is 0.172. The van der Waals surface area contributed by atoms with E-state index in [-0.39, 0.29) is 0 Å². The van der Waals surface area contributed by atoms with Crippen molar-refractivity contribution in [3.05, 3.63) is 47.0 Å². The average Bonchev–Trinajstić information content (AvgIpc) is 2.48. The van der Waals surface area contributed by atoms with Crippen LogP contribution in [0.4, 0.5) is 0 Å².